The fraction of sp³-hybridized carbons (Fsp3) is 0.500. The van der Waals surface area contributed by atoms with Crippen LogP contribution in [0.4, 0.5) is 0 Å². The number of hydrogen-bond acceptors (Lipinski definition) is 15. The van der Waals surface area contributed by atoms with Crippen LogP contribution in [0.15, 0.2) is 11.5 Å². The molecule has 1 aliphatic heterocycles. The summed E-state index contributed by atoms with van der Waals surface area (Å²) in [6.45, 7) is -0.671. The molecule has 1 rings (SSSR count). The maximum absolute atomic E-state index is 10.5. The first-order chi connectivity index (χ1) is 11.0. The van der Waals surface area contributed by atoms with Crippen LogP contribution in [0.3, 0.4) is 0 Å². The second kappa shape index (κ2) is 12.4. The quantitative estimate of drug-likeness (QED) is 0.135. The zero-order valence-electron chi connectivity index (χ0n) is 12.8. The van der Waals surface area contributed by atoms with E-state index in [2.05, 4.69) is 13.4 Å². The summed E-state index contributed by atoms with van der Waals surface area (Å²) >= 11 is 0. The number of aliphatic hydroxyl groups excluding tert-OH is 4. The molecular formula is C6H9Mg2O16P3. The fourth-order valence-corrected chi connectivity index (χ4v) is 3.46. The van der Waals surface area contributed by atoms with E-state index in [0.717, 1.165) is 0 Å². The number of ether oxygens (including phenoxy) is 1. The largest absolute Gasteiger partial charge is 2.00 e. The molecule has 0 aromatic carbocycles. The number of phosphoric acid groups is 3. The predicted octanol–water partition coefficient (Wildman–Crippen LogP) is -5.39. The van der Waals surface area contributed by atoms with E-state index in [4.69, 9.17) is 25.3 Å². The van der Waals surface area contributed by atoms with Crippen LogP contribution in [0.25, 0.3) is 0 Å². The van der Waals surface area contributed by atoms with Gasteiger partial charge in [-0.3, -0.25) is 13.4 Å². The molecule has 148 valence electrons. The molecule has 0 saturated heterocycles. The molecule has 0 amide bonds. The number of rotatable bonds is 6. The van der Waals surface area contributed by atoms with Crippen molar-refractivity contribution in [2.24, 2.45) is 0 Å². The summed E-state index contributed by atoms with van der Waals surface area (Å²) in [6, 6.07) is 0. The molecule has 1 heterocycles. The predicted molar refractivity (Wildman–Crippen MR) is 74.0 cm³/mol. The van der Waals surface area contributed by atoms with Crippen molar-refractivity contribution in [1.82, 2.24) is 0 Å². The van der Waals surface area contributed by atoms with E-state index >= 15 is 0 Å². The number of carbonyl (C=O) groups is 1. The Kier molecular flexibility index (Phi) is 14.8. The zero-order chi connectivity index (χ0) is 20.2. The Morgan fingerprint density at radius 1 is 1.07 bits per heavy atom. The van der Waals surface area contributed by atoms with E-state index in [-0.39, 0.29) is 46.1 Å². The van der Waals surface area contributed by atoms with Gasteiger partial charge in [-0.2, -0.15) is 0 Å². The summed E-state index contributed by atoms with van der Waals surface area (Å²) in [5.41, 5.74) is 0. The number of carbonyl (C=O) groups excluding carboxylic acids is 1. The SMILES string of the molecule is O=C1O[C@H]([C@@H](O)CO)C(O)=C1O.O=P([O-])([O-])OP(=O)([O-])OP(=O)([O-])O.[Mg+2].[Mg+2]. The van der Waals surface area contributed by atoms with Crippen LogP contribution in [-0.2, 0) is 31.8 Å². The summed E-state index contributed by atoms with van der Waals surface area (Å²) in [5.74, 6) is -2.78. The van der Waals surface area contributed by atoms with E-state index in [1.165, 1.54) is 0 Å². The third kappa shape index (κ3) is 13.5. The molecule has 16 nitrogen and oxygen atoms in total. The first-order valence-electron chi connectivity index (χ1n) is 5.40. The van der Waals surface area contributed by atoms with Gasteiger partial charge in [0, 0.05) is 0 Å². The van der Waals surface area contributed by atoms with E-state index < -0.39 is 59.8 Å². The van der Waals surface area contributed by atoms with Gasteiger partial charge in [0.2, 0.25) is 5.76 Å². The molecular weight excluding hydrogens is 470 g/mol. The number of esters is 1. The minimum Gasteiger partial charge on any atom is -0.790 e. The molecule has 0 radical (unpaired) electrons. The third-order valence-electron chi connectivity index (χ3n) is 1.88. The Hall–Kier alpha value is 0.672. The van der Waals surface area contributed by atoms with Gasteiger partial charge in [-0.25, -0.2) is 9.11 Å². The van der Waals surface area contributed by atoms with Crippen molar-refractivity contribution in [3.8, 4) is 0 Å². The molecule has 21 heteroatoms. The van der Waals surface area contributed by atoms with Crippen molar-refractivity contribution in [3.63, 3.8) is 0 Å². The van der Waals surface area contributed by atoms with Gasteiger partial charge < -0.3 is 54.2 Å². The van der Waals surface area contributed by atoms with E-state index in [0.29, 0.717) is 0 Å². The molecule has 2 unspecified atom stereocenters. The Balaban J connectivity index is -0.000000398. The Bertz CT molecular complexity index is 637. The molecule has 0 fully saturated rings. The minimum atomic E-state index is -5.95. The van der Waals surface area contributed by atoms with Crippen LogP contribution >= 0.6 is 23.5 Å². The van der Waals surface area contributed by atoms with Crippen LogP contribution in [0.5, 0.6) is 0 Å². The monoisotopic (exact) mass is 478 g/mol. The molecule has 27 heavy (non-hydrogen) atoms. The normalized spacial score (nSPS) is 22.0. The Labute approximate surface area is 182 Å². The molecule has 5 N–H and O–H groups in total. The topological polar surface area (TPSA) is 289 Å². The van der Waals surface area contributed by atoms with Crippen LogP contribution in [0.1, 0.15) is 0 Å². The average Bonchev–Trinajstić information content (AvgIpc) is 2.60. The maximum Gasteiger partial charge on any atom is 2.00 e. The Morgan fingerprint density at radius 3 is 1.78 bits per heavy atom. The molecule has 0 spiro atoms. The number of hydrogen-bond donors (Lipinski definition) is 5. The van der Waals surface area contributed by atoms with Crippen molar-refractivity contribution in [1.29, 1.82) is 0 Å². The minimum absolute atomic E-state index is 0. The number of aliphatic hydroxyl groups is 4. The van der Waals surface area contributed by atoms with Crippen molar-refractivity contribution in [3.05, 3.63) is 11.5 Å². The summed E-state index contributed by atoms with van der Waals surface area (Å²) < 4.78 is 39.3. The van der Waals surface area contributed by atoms with Crippen molar-refractivity contribution < 1.29 is 76.7 Å². The standard InChI is InChI=1S/C6H8O6.2Mg.H5O10P3/c7-1-2(8)5-3(9)4(10)6(11)12-5;;;1-11(2,3)9-13(7,8)10-12(4,5)6/h2,5,7-10H,1H2;;;(H,7,8)(H2,1,2,3)(H2,4,5,6)/q;2*+2;/p-4/t2-,5+;;;/m0.../s1. The molecule has 0 aliphatic carbocycles. The van der Waals surface area contributed by atoms with Crippen LogP contribution in [-0.4, -0.2) is 96.2 Å². The molecule has 1 aliphatic rings. The van der Waals surface area contributed by atoms with Gasteiger partial charge in [0.05, 0.1) is 14.4 Å². The van der Waals surface area contributed by atoms with Gasteiger partial charge in [-0.1, -0.05) is 0 Å². The maximum atomic E-state index is 10.5. The summed E-state index contributed by atoms with van der Waals surface area (Å²) in [6.07, 6.45) is -2.78. The van der Waals surface area contributed by atoms with Gasteiger partial charge in [0.1, 0.15) is 6.10 Å². The smallest absolute Gasteiger partial charge is 0.790 e. The Morgan fingerprint density at radius 2 is 1.52 bits per heavy atom. The molecule has 0 aromatic rings. The van der Waals surface area contributed by atoms with Crippen LogP contribution < -0.4 is 19.6 Å². The van der Waals surface area contributed by atoms with E-state index in [1.807, 2.05) is 0 Å². The first kappa shape index (κ1) is 32.3. The summed E-state index contributed by atoms with van der Waals surface area (Å²) in [7, 11) is -17.6. The number of cyclic esters (lactones) is 1. The molecule has 4 atom stereocenters. The summed E-state index contributed by atoms with van der Waals surface area (Å²) in [4.78, 5) is 57.5. The zero-order valence-corrected chi connectivity index (χ0v) is 18.4. The van der Waals surface area contributed by atoms with Gasteiger partial charge in [-0.15, -0.1) is 0 Å². The van der Waals surface area contributed by atoms with Gasteiger partial charge in [-0.05, 0) is 0 Å². The average molecular weight is 479 g/mol. The third-order valence-corrected chi connectivity index (χ3v) is 5.10. The van der Waals surface area contributed by atoms with Crippen molar-refractivity contribution in [2.45, 2.75) is 12.2 Å². The fourth-order valence-electron chi connectivity index (χ4n) is 1.09. The van der Waals surface area contributed by atoms with Crippen LogP contribution in [0.2, 0.25) is 0 Å². The van der Waals surface area contributed by atoms with Gasteiger partial charge in [0.25, 0.3) is 15.6 Å². The van der Waals surface area contributed by atoms with Gasteiger partial charge >= 0.3 is 52.1 Å². The van der Waals surface area contributed by atoms with Crippen molar-refractivity contribution in [2.75, 3.05) is 6.61 Å². The second-order valence-corrected chi connectivity index (χ2v) is 7.87. The van der Waals surface area contributed by atoms with E-state index in [9.17, 15) is 38.1 Å². The second-order valence-electron chi connectivity index (χ2n) is 3.84. The van der Waals surface area contributed by atoms with Crippen LogP contribution in [0, 0.1) is 0 Å². The van der Waals surface area contributed by atoms with Gasteiger partial charge in [0.15, 0.2) is 11.9 Å². The van der Waals surface area contributed by atoms with Crippen molar-refractivity contribution >= 4 is 75.5 Å². The molecule has 0 bridgehead atoms. The molecule has 0 saturated carbocycles. The molecule has 0 aromatic heterocycles. The van der Waals surface area contributed by atoms with E-state index in [1.54, 1.807) is 0 Å². The summed E-state index contributed by atoms with van der Waals surface area (Å²) in [5, 5.41) is 35.0. The first-order valence-corrected chi connectivity index (χ1v) is 9.82.